The molecule has 0 saturated carbocycles. The van der Waals surface area contributed by atoms with Crippen molar-refractivity contribution < 1.29 is 0 Å². The number of hydrogen-bond donors (Lipinski definition) is 1. The number of nitrogens with zero attached hydrogens (tertiary/aromatic N) is 2. The molecule has 3 heteroatoms. The van der Waals surface area contributed by atoms with E-state index in [0.29, 0.717) is 12.0 Å². The summed E-state index contributed by atoms with van der Waals surface area (Å²) in [7, 11) is 2.23. The van der Waals surface area contributed by atoms with Gasteiger partial charge in [0.1, 0.15) is 0 Å². The van der Waals surface area contributed by atoms with Crippen LogP contribution in [0.25, 0.3) is 0 Å². The first kappa shape index (κ1) is 16.0. The summed E-state index contributed by atoms with van der Waals surface area (Å²) >= 11 is 0. The van der Waals surface area contributed by atoms with E-state index in [-0.39, 0.29) is 0 Å². The fourth-order valence-electron chi connectivity index (χ4n) is 4.04. The molecule has 0 spiro atoms. The lowest BCUT2D eigenvalue weighted by atomic mass is 9.98. The Morgan fingerprint density at radius 3 is 2.45 bits per heavy atom. The van der Waals surface area contributed by atoms with E-state index in [9.17, 15) is 0 Å². The Bertz CT molecular complexity index is 450. The lowest BCUT2D eigenvalue weighted by Gasteiger charge is -2.26. The summed E-state index contributed by atoms with van der Waals surface area (Å²) in [4.78, 5) is 5.08. The Morgan fingerprint density at radius 1 is 1.09 bits per heavy atom. The Kier molecular flexibility index (Phi) is 5.51. The molecule has 2 heterocycles. The first-order valence-electron chi connectivity index (χ1n) is 8.98. The first-order chi connectivity index (χ1) is 10.8. The average Bonchev–Trinajstić information content (AvgIpc) is 2.95. The number of hydrogen-bond acceptors (Lipinski definition) is 3. The number of piperidine rings is 1. The quantitative estimate of drug-likeness (QED) is 0.907. The Hall–Kier alpha value is -0.900. The zero-order valence-corrected chi connectivity index (χ0v) is 14.0. The van der Waals surface area contributed by atoms with Crippen LogP contribution in [-0.4, -0.2) is 49.6 Å². The molecule has 0 aromatic heterocycles. The molecule has 2 aliphatic rings. The van der Waals surface area contributed by atoms with E-state index in [4.69, 9.17) is 5.73 Å². The van der Waals surface area contributed by atoms with Crippen molar-refractivity contribution in [3.63, 3.8) is 0 Å². The molecule has 22 heavy (non-hydrogen) atoms. The molecule has 0 amide bonds. The normalized spacial score (nSPS) is 27.4. The van der Waals surface area contributed by atoms with E-state index in [2.05, 4.69) is 41.1 Å². The molecule has 2 atom stereocenters. The van der Waals surface area contributed by atoms with Crippen LogP contribution >= 0.6 is 0 Å². The number of rotatable bonds is 5. The average molecular weight is 301 g/mol. The van der Waals surface area contributed by atoms with E-state index in [0.717, 1.165) is 13.1 Å². The lowest BCUT2D eigenvalue weighted by molar-refractivity contribution is 0.231. The molecule has 0 bridgehead atoms. The predicted octanol–water partition coefficient (Wildman–Crippen LogP) is 2.67. The maximum Gasteiger partial charge on any atom is 0.0348 e. The second kappa shape index (κ2) is 7.58. The highest BCUT2D eigenvalue weighted by Crippen LogP contribution is 2.33. The summed E-state index contributed by atoms with van der Waals surface area (Å²) in [5, 5.41) is 0. The van der Waals surface area contributed by atoms with Gasteiger partial charge >= 0.3 is 0 Å². The summed E-state index contributed by atoms with van der Waals surface area (Å²) < 4.78 is 0. The van der Waals surface area contributed by atoms with Crippen LogP contribution in [0.1, 0.15) is 42.9 Å². The fraction of sp³-hybridized carbons (Fsp3) is 0.684. The van der Waals surface area contributed by atoms with Crippen molar-refractivity contribution in [3.8, 4) is 0 Å². The highest BCUT2D eigenvalue weighted by molar-refractivity contribution is 5.26. The largest absolute Gasteiger partial charge is 0.330 e. The van der Waals surface area contributed by atoms with Crippen LogP contribution in [0.5, 0.6) is 0 Å². The number of likely N-dealkylation sites (tertiary alicyclic amines) is 2. The lowest BCUT2D eigenvalue weighted by Crippen LogP contribution is -2.31. The third-order valence-corrected chi connectivity index (χ3v) is 5.50. The van der Waals surface area contributed by atoms with Gasteiger partial charge in [-0.1, -0.05) is 30.7 Å². The minimum absolute atomic E-state index is 0.560. The highest BCUT2D eigenvalue weighted by Gasteiger charge is 2.29. The molecule has 1 aromatic rings. The third-order valence-electron chi connectivity index (χ3n) is 5.50. The van der Waals surface area contributed by atoms with Crippen molar-refractivity contribution in [1.82, 2.24) is 9.80 Å². The summed E-state index contributed by atoms with van der Waals surface area (Å²) in [6.45, 7) is 5.77. The Balaban J connectivity index is 1.53. The van der Waals surface area contributed by atoms with Gasteiger partial charge < -0.3 is 10.6 Å². The number of benzene rings is 1. The molecule has 3 nitrogen and oxygen atoms in total. The zero-order chi connectivity index (χ0) is 15.4. The van der Waals surface area contributed by atoms with Crippen molar-refractivity contribution in [1.29, 1.82) is 0 Å². The van der Waals surface area contributed by atoms with Gasteiger partial charge in [0.05, 0.1) is 0 Å². The zero-order valence-electron chi connectivity index (χ0n) is 14.0. The van der Waals surface area contributed by atoms with Crippen molar-refractivity contribution in [3.05, 3.63) is 35.4 Å². The maximum atomic E-state index is 5.84. The smallest absolute Gasteiger partial charge is 0.0348 e. The van der Waals surface area contributed by atoms with Gasteiger partial charge in [-0.15, -0.1) is 0 Å². The molecule has 122 valence electrons. The van der Waals surface area contributed by atoms with Crippen molar-refractivity contribution in [2.45, 2.75) is 38.1 Å². The molecule has 2 fully saturated rings. The minimum atomic E-state index is 0.560. The molecule has 2 unspecified atom stereocenters. The third kappa shape index (κ3) is 3.89. The molecule has 0 aliphatic carbocycles. The van der Waals surface area contributed by atoms with E-state index in [1.165, 1.54) is 62.9 Å². The van der Waals surface area contributed by atoms with E-state index >= 15 is 0 Å². The first-order valence-corrected chi connectivity index (χ1v) is 8.98. The van der Waals surface area contributed by atoms with Crippen LogP contribution in [0.15, 0.2) is 24.3 Å². The fourth-order valence-corrected chi connectivity index (χ4v) is 4.04. The van der Waals surface area contributed by atoms with Gasteiger partial charge in [0.15, 0.2) is 0 Å². The van der Waals surface area contributed by atoms with E-state index in [1.54, 1.807) is 0 Å². The monoisotopic (exact) mass is 301 g/mol. The van der Waals surface area contributed by atoms with Gasteiger partial charge in [-0.25, -0.2) is 0 Å². The molecule has 2 N–H and O–H groups in total. The standard InChI is InChI=1S/C19H31N3/c1-21-15-17(14-20)13-19(21)18-7-5-16(6-8-18)9-12-22-10-3-2-4-11-22/h5-8,17,19H,2-4,9-15,20H2,1H3. The van der Waals surface area contributed by atoms with Crippen LogP contribution in [-0.2, 0) is 6.42 Å². The molecule has 1 aromatic carbocycles. The summed E-state index contributed by atoms with van der Waals surface area (Å²) in [6.07, 6.45) is 6.58. The highest BCUT2D eigenvalue weighted by atomic mass is 15.2. The van der Waals surface area contributed by atoms with Gasteiger partial charge in [0, 0.05) is 19.1 Å². The Labute approximate surface area is 135 Å². The SMILES string of the molecule is CN1CC(CN)CC1c1ccc(CCN2CCCCC2)cc1. The van der Waals surface area contributed by atoms with Gasteiger partial charge in [-0.3, -0.25) is 4.90 Å². The van der Waals surface area contributed by atoms with Crippen LogP contribution in [0.2, 0.25) is 0 Å². The molecule has 2 aliphatic heterocycles. The topological polar surface area (TPSA) is 32.5 Å². The minimum Gasteiger partial charge on any atom is -0.330 e. The van der Waals surface area contributed by atoms with Gasteiger partial charge in [0.25, 0.3) is 0 Å². The number of nitrogens with two attached hydrogens (primary N) is 1. The van der Waals surface area contributed by atoms with E-state index < -0.39 is 0 Å². The van der Waals surface area contributed by atoms with Crippen LogP contribution < -0.4 is 5.73 Å². The van der Waals surface area contributed by atoms with Crippen LogP contribution in [0.3, 0.4) is 0 Å². The molecule has 3 rings (SSSR count). The molecular formula is C19H31N3. The molecule has 0 radical (unpaired) electrons. The van der Waals surface area contributed by atoms with Gasteiger partial charge in [0.2, 0.25) is 0 Å². The van der Waals surface area contributed by atoms with E-state index in [1.807, 2.05) is 0 Å². The maximum absolute atomic E-state index is 5.84. The molecular weight excluding hydrogens is 270 g/mol. The van der Waals surface area contributed by atoms with Gasteiger partial charge in [-0.2, -0.15) is 0 Å². The molecule has 2 saturated heterocycles. The summed E-state index contributed by atoms with van der Waals surface area (Å²) in [6, 6.07) is 9.91. The van der Waals surface area contributed by atoms with Crippen LogP contribution in [0.4, 0.5) is 0 Å². The predicted molar refractivity (Wildman–Crippen MR) is 93.0 cm³/mol. The van der Waals surface area contributed by atoms with Crippen molar-refractivity contribution in [2.75, 3.05) is 39.8 Å². The summed E-state index contributed by atoms with van der Waals surface area (Å²) in [5.41, 5.74) is 8.78. The van der Waals surface area contributed by atoms with Gasteiger partial charge in [-0.05, 0) is 69.4 Å². The van der Waals surface area contributed by atoms with Crippen LogP contribution in [0, 0.1) is 5.92 Å². The second-order valence-electron chi connectivity index (χ2n) is 7.19. The van der Waals surface area contributed by atoms with Crippen molar-refractivity contribution in [2.24, 2.45) is 11.7 Å². The van der Waals surface area contributed by atoms with Crippen molar-refractivity contribution >= 4 is 0 Å². The second-order valence-corrected chi connectivity index (χ2v) is 7.19. The Morgan fingerprint density at radius 2 is 1.82 bits per heavy atom. The summed E-state index contributed by atoms with van der Waals surface area (Å²) in [5.74, 6) is 0.661.